The Bertz CT molecular complexity index is 711. The summed E-state index contributed by atoms with van der Waals surface area (Å²) in [6.07, 6.45) is 0. The fourth-order valence-corrected chi connectivity index (χ4v) is 3.68. The minimum atomic E-state index is -3.64. The van der Waals surface area contributed by atoms with E-state index < -0.39 is 10.0 Å². The molecule has 1 heterocycles. The number of nitrogens with two attached hydrogens (primary N) is 1. The first-order chi connectivity index (χ1) is 9.77. The molecule has 4 nitrogen and oxygen atoms in total. The zero-order chi connectivity index (χ0) is 15.6. The lowest BCUT2D eigenvalue weighted by Crippen LogP contribution is -2.21. The largest absolute Gasteiger partial charge is 0.295 e. The van der Waals surface area contributed by atoms with Crippen LogP contribution in [-0.2, 0) is 16.6 Å². The number of nitrogens with zero attached hydrogens (tertiary/aromatic N) is 1. The number of primary sulfonamides is 1. The van der Waals surface area contributed by atoms with Crippen LogP contribution >= 0.6 is 22.9 Å². The normalized spacial score (nSPS) is 13.6. The zero-order valence-electron chi connectivity index (χ0n) is 11.8. The number of sulfonamides is 1. The highest BCUT2D eigenvalue weighted by atomic mass is 35.5. The molecular formula is C14H17ClN2O2S2. The molecule has 21 heavy (non-hydrogen) atoms. The molecule has 0 aliphatic heterocycles. The van der Waals surface area contributed by atoms with Gasteiger partial charge >= 0.3 is 0 Å². The highest BCUT2D eigenvalue weighted by Gasteiger charge is 2.14. The Hall–Kier alpha value is -0.920. The molecule has 2 N–H and O–H groups in total. The van der Waals surface area contributed by atoms with E-state index in [9.17, 15) is 8.42 Å². The Morgan fingerprint density at radius 2 is 1.86 bits per heavy atom. The van der Waals surface area contributed by atoms with Crippen molar-refractivity contribution in [3.8, 4) is 0 Å². The first-order valence-electron chi connectivity index (χ1n) is 6.34. The first-order valence-corrected chi connectivity index (χ1v) is 9.08. The lowest BCUT2D eigenvalue weighted by atomic mass is 10.1. The van der Waals surface area contributed by atoms with E-state index in [1.165, 1.54) is 17.0 Å². The van der Waals surface area contributed by atoms with E-state index in [0.29, 0.717) is 0 Å². The van der Waals surface area contributed by atoms with Gasteiger partial charge in [0, 0.05) is 17.5 Å². The molecule has 0 amide bonds. The molecule has 0 bridgehead atoms. The molecule has 114 valence electrons. The summed E-state index contributed by atoms with van der Waals surface area (Å²) in [6, 6.07) is 10.7. The standard InChI is InChI=1S/C14H17ClN2O2S2/c1-10(17(2)9-12-5-8-14(15)20-12)11-3-6-13(7-4-11)21(16,18)19/h3-8,10H,9H2,1-2H3,(H2,16,18,19). The highest BCUT2D eigenvalue weighted by molar-refractivity contribution is 7.89. The molecule has 2 aromatic rings. The lowest BCUT2D eigenvalue weighted by molar-refractivity contribution is 0.255. The Morgan fingerprint density at radius 1 is 1.24 bits per heavy atom. The van der Waals surface area contributed by atoms with Crippen LogP contribution in [-0.4, -0.2) is 20.4 Å². The third-order valence-electron chi connectivity index (χ3n) is 3.39. The van der Waals surface area contributed by atoms with E-state index in [-0.39, 0.29) is 10.9 Å². The molecule has 0 fully saturated rings. The molecule has 1 aromatic carbocycles. The predicted molar refractivity (Wildman–Crippen MR) is 87.0 cm³/mol. The summed E-state index contributed by atoms with van der Waals surface area (Å²) in [7, 11) is -1.62. The number of benzene rings is 1. The molecule has 1 aromatic heterocycles. The highest BCUT2D eigenvalue weighted by Crippen LogP contribution is 2.26. The minimum Gasteiger partial charge on any atom is -0.295 e. The summed E-state index contributed by atoms with van der Waals surface area (Å²) in [5.74, 6) is 0. The smallest absolute Gasteiger partial charge is 0.238 e. The third kappa shape index (κ3) is 4.28. The summed E-state index contributed by atoms with van der Waals surface area (Å²) in [6.45, 7) is 2.86. The zero-order valence-corrected chi connectivity index (χ0v) is 14.2. The molecule has 0 radical (unpaired) electrons. The van der Waals surface area contributed by atoms with E-state index in [0.717, 1.165) is 16.4 Å². The van der Waals surface area contributed by atoms with Crippen LogP contribution in [0.15, 0.2) is 41.3 Å². The van der Waals surface area contributed by atoms with Crippen LogP contribution in [0.3, 0.4) is 0 Å². The second-order valence-corrected chi connectivity index (χ2v) is 8.27. The van der Waals surface area contributed by atoms with Gasteiger partial charge in [0.1, 0.15) is 0 Å². The van der Waals surface area contributed by atoms with Crippen molar-refractivity contribution in [2.24, 2.45) is 5.14 Å². The molecule has 2 rings (SSSR count). The van der Waals surface area contributed by atoms with E-state index in [1.807, 2.05) is 19.2 Å². The summed E-state index contributed by atoms with van der Waals surface area (Å²) < 4.78 is 23.3. The van der Waals surface area contributed by atoms with Gasteiger partial charge in [-0.1, -0.05) is 23.7 Å². The van der Waals surface area contributed by atoms with Gasteiger partial charge in [0.25, 0.3) is 0 Å². The van der Waals surface area contributed by atoms with Crippen molar-refractivity contribution in [1.29, 1.82) is 0 Å². The van der Waals surface area contributed by atoms with Crippen LogP contribution in [0.5, 0.6) is 0 Å². The van der Waals surface area contributed by atoms with Gasteiger partial charge in [-0.15, -0.1) is 11.3 Å². The lowest BCUT2D eigenvalue weighted by Gasteiger charge is -2.24. The number of halogens is 1. The van der Waals surface area contributed by atoms with Crippen LogP contribution in [0.25, 0.3) is 0 Å². The Labute approximate surface area is 134 Å². The van der Waals surface area contributed by atoms with Gasteiger partial charge in [-0.25, -0.2) is 13.6 Å². The van der Waals surface area contributed by atoms with Crippen molar-refractivity contribution in [3.63, 3.8) is 0 Å². The van der Waals surface area contributed by atoms with Gasteiger partial charge < -0.3 is 0 Å². The topological polar surface area (TPSA) is 63.4 Å². The van der Waals surface area contributed by atoms with Crippen molar-refractivity contribution in [2.45, 2.75) is 24.4 Å². The number of rotatable bonds is 5. The van der Waals surface area contributed by atoms with Crippen LogP contribution in [0.4, 0.5) is 0 Å². The van der Waals surface area contributed by atoms with Crippen molar-refractivity contribution in [3.05, 3.63) is 51.2 Å². The maximum atomic E-state index is 11.2. The Balaban J connectivity index is 2.10. The van der Waals surface area contributed by atoms with E-state index >= 15 is 0 Å². The van der Waals surface area contributed by atoms with Gasteiger partial charge in [0.2, 0.25) is 10.0 Å². The molecule has 1 unspecified atom stereocenters. The maximum absolute atomic E-state index is 11.2. The molecule has 0 spiro atoms. The molecule has 7 heteroatoms. The van der Waals surface area contributed by atoms with Crippen LogP contribution in [0, 0.1) is 0 Å². The van der Waals surface area contributed by atoms with Gasteiger partial charge in [0.15, 0.2) is 0 Å². The van der Waals surface area contributed by atoms with Crippen molar-refractivity contribution in [1.82, 2.24) is 4.90 Å². The number of hydrogen-bond donors (Lipinski definition) is 1. The van der Waals surface area contributed by atoms with E-state index in [2.05, 4.69) is 11.8 Å². The van der Waals surface area contributed by atoms with Gasteiger partial charge in [0.05, 0.1) is 9.23 Å². The number of hydrogen-bond acceptors (Lipinski definition) is 4. The predicted octanol–water partition coefficient (Wildman–Crippen LogP) is 3.24. The quantitative estimate of drug-likeness (QED) is 0.905. The molecule has 1 atom stereocenters. The molecule has 0 aliphatic rings. The molecule has 0 saturated carbocycles. The van der Waals surface area contributed by atoms with Crippen LogP contribution < -0.4 is 5.14 Å². The minimum absolute atomic E-state index is 0.131. The van der Waals surface area contributed by atoms with Crippen molar-refractivity contribution < 1.29 is 8.42 Å². The monoisotopic (exact) mass is 344 g/mol. The maximum Gasteiger partial charge on any atom is 0.238 e. The molecular weight excluding hydrogens is 328 g/mol. The Morgan fingerprint density at radius 3 is 2.33 bits per heavy atom. The summed E-state index contributed by atoms with van der Waals surface area (Å²) in [5.41, 5.74) is 1.03. The van der Waals surface area contributed by atoms with Crippen LogP contribution in [0.2, 0.25) is 4.34 Å². The number of thiophene rings is 1. The van der Waals surface area contributed by atoms with Gasteiger partial charge in [-0.2, -0.15) is 0 Å². The second kappa shape index (κ2) is 6.46. The third-order valence-corrected chi connectivity index (χ3v) is 5.53. The fraction of sp³-hybridized carbons (Fsp3) is 0.286. The SMILES string of the molecule is CC(c1ccc(S(N)(=O)=O)cc1)N(C)Cc1ccc(Cl)s1. The van der Waals surface area contributed by atoms with Gasteiger partial charge in [-0.05, 0) is 43.8 Å². The van der Waals surface area contributed by atoms with Crippen LogP contribution in [0.1, 0.15) is 23.4 Å². The van der Waals surface area contributed by atoms with Crippen molar-refractivity contribution >= 4 is 33.0 Å². The van der Waals surface area contributed by atoms with E-state index in [1.54, 1.807) is 23.5 Å². The van der Waals surface area contributed by atoms with Gasteiger partial charge in [-0.3, -0.25) is 4.90 Å². The average molecular weight is 345 g/mol. The van der Waals surface area contributed by atoms with Crippen molar-refractivity contribution in [2.75, 3.05) is 7.05 Å². The summed E-state index contributed by atoms with van der Waals surface area (Å²) in [4.78, 5) is 3.50. The average Bonchev–Trinajstić information content (AvgIpc) is 2.82. The molecule has 0 aliphatic carbocycles. The second-order valence-electron chi connectivity index (χ2n) is 4.91. The molecule has 0 saturated heterocycles. The summed E-state index contributed by atoms with van der Waals surface area (Å²) in [5, 5.41) is 5.10. The summed E-state index contributed by atoms with van der Waals surface area (Å²) >= 11 is 7.49. The van der Waals surface area contributed by atoms with E-state index in [4.69, 9.17) is 16.7 Å². The Kier molecular flexibility index (Phi) is 5.06. The first kappa shape index (κ1) is 16.5. The fourth-order valence-electron chi connectivity index (χ4n) is 2.01.